The molecule has 2 fully saturated rings. The second kappa shape index (κ2) is 15.3. The molecule has 0 unspecified atom stereocenters. The molecule has 0 bridgehead atoms. The van der Waals surface area contributed by atoms with Crippen LogP contribution >= 0.6 is 0 Å². The van der Waals surface area contributed by atoms with Gasteiger partial charge in [-0.15, -0.1) is 0 Å². The predicted molar refractivity (Wildman–Crippen MR) is 187 cm³/mol. The molecule has 2 N–H and O–H groups in total. The minimum absolute atomic E-state index is 0.0837. The molecule has 54 heavy (non-hydrogen) atoms. The lowest BCUT2D eigenvalue weighted by Gasteiger charge is -2.43. The number of carbonyl (C=O) groups excluding carboxylic acids is 2. The van der Waals surface area contributed by atoms with Gasteiger partial charge in [0, 0.05) is 50.0 Å². The predicted octanol–water partition coefficient (Wildman–Crippen LogP) is 6.52. The van der Waals surface area contributed by atoms with Gasteiger partial charge in [0.2, 0.25) is 5.95 Å². The van der Waals surface area contributed by atoms with Crippen LogP contribution in [0.1, 0.15) is 24.0 Å². The van der Waals surface area contributed by atoms with Crippen LogP contribution in [-0.2, 0) is 17.5 Å². The maximum absolute atomic E-state index is 14.0. The SMILES string of the molecule is C=C(F)C(=O)Nc1cc(Nc2ncc3c(n2)N(c2ccc(C(F)(F)F)cc2)C(=O)N(CC(F)(F)F)C3)c(OC)cc1N1CCN(C2CCN(C)CC2)CC1. The molecule has 0 radical (unpaired) electrons. The number of amides is 3. The number of nitrogens with one attached hydrogen (secondary N) is 2. The number of benzene rings is 2. The average Bonchev–Trinajstić information content (AvgIpc) is 3.12. The Morgan fingerprint density at radius 2 is 1.65 bits per heavy atom. The lowest BCUT2D eigenvalue weighted by Crippen LogP contribution is -2.53. The van der Waals surface area contributed by atoms with Crippen molar-refractivity contribution in [2.24, 2.45) is 0 Å². The zero-order chi connectivity index (χ0) is 38.9. The Labute approximate surface area is 306 Å². The molecular formula is C35H38F7N9O3. The summed E-state index contributed by atoms with van der Waals surface area (Å²) >= 11 is 0. The first kappa shape index (κ1) is 38.6. The normalized spacial score (nSPS) is 17.7. The topological polar surface area (TPSA) is 109 Å². The zero-order valence-electron chi connectivity index (χ0n) is 29.4. The van der Waals surface area contributed by atoms with Crippen LogP contribution in [0.4, 0.5) is 70.0 Å². The number of nitrogens with zero attached hydrogens (tertiary/aromatic N) is 7. The van der Waals surface area contributed by atoms with E-state index >= 15 is 0 Å². The van der Waals surface area contributed by atoms with Gasteiger partial charge in [-0.1, -0.05) is 6.58 Å². The highest BCUT2D eigenvalue weighted by Gasteiger charge is 2.40. The van der Waals surface area contributed by atoms with Gasteiger partial charge in [-0.3, -0.25) is 9.69 Å². The number of carbonyl (C=O) groups is 2. The van der Waals surface area contributed by atoms with Crippen molar-refractivity contribution in [3.05, 3.63) is 66.1 Å². The summed E-state index contributed by atoms with van der Waals surface area (Å²) in [6, 6.07) is 5.75. The minimum atomic E-state index is -4.77. The van der Waals surface area contributed by atoms with Gasteiger partial charge in [0.1, 0.15) is 12.3 Å². The van der Waals surface area contributed by atoms with Crippen LogP contribution in [0.15, 0.2) is 55.0 Å². The number of piperazine rings is 1. The van der Waals surface area contributed by atoms with E-state index < -0.39 is 48.8 Å². The monoisotopic (exact) mass is 765 g/mol. The summed E-state index contributed by atoms with van der Waals surface area (Å²) in [5, 5.41) is 5.49. The largest absolute Gasteiger partial charge is 0.494 e. The Morgan fingerprint density at radius 1 is 0.981 bits per heavy atom. The van der Waals surface area contributed by atoms with Gasteiger partial charge in [0.05, 0.1) is 42.0 Å². The number of piperidine rings is 1. The summed E-state index contributed by atoms with van der Waals surface area (Å²) in [4.78, 5) is 42.7. The van der Waals surface area contributed by atoms with E-state index in [1.807, 2.05) is 4.90 Å². The number of methoxy groups -OCH3 is 1. The number of hydrogen-bond acceptors (Lipinski definition) is 9. The average molecular weight is 766 g/mol. The highest BCUT2D eigenvalue weighted by molar-refractivity contribution is 6.04. The number of hydrogen-bond donors (Lipinski definition) is 2. The van der Waals surface area contributed by atoms with Gasteiger partial charge in [0.15, 0.2) is 11.6 Å². The molecule has 0 spiro atoms. The van der Waals surface area contributed by atoms with Crippen LogP contribution in [0.25, 0.3) is 0 Å². The Kier molecular flexibility index (Phi) is 10.9. The Morgan fingerprint density at radius 3 is 2.24 bits per heavy atom. The van der Waals surface area contributed by atoms with E-state index in [1.54, 1.807) is 6.07 Å². The van der Waals surface area contributed by atoms with Crippen molar-refractivity contribution in [1.29, 1.82) is 0 Å². The molecule has 3 aromatic rings. The first-order chi connectivity index (χ1) is 25.5. The quantitative estimate of drug-likeness (QED) is 0.186. The van der Waals surface area contributed by atoms with Crippen molar-refractivity contribution in [3.63, 3.8) is 0 Å². The van der Waals surface area contributed by atoms with Crippen molar-refractivity contribution in [2.45, 2.75) is 37.8 Å². The number of urea groups is 1. The van der Waals surface area contributed by atoms with E-state index in [-0.39, 0.29) is 40.1 Å². The third-order valence-corrected chi connectivity index (χ3v) is 9.62. The van der Waals surface area contributed by atoms with Gasteiger partial charge in [-0.25, -0.2) is 19.1 Å². The second-order valence-corrected chi connectivity index (χ2v) is 13.3. The van der Waals surface area contributed by atoms with Crippen LogP contribution in [0.2, 0.25) is 0 Å². The van der Waals surface area contributed by atoms with Crippen molar-refractivity contribution in [2.75, 3.05) is 80.4 Å². The molecular weight excluding hydrogens is 727 g/mol. The smallest absolute Gasteiger partial charge is 0.416 e. The third-order valence-electron chi connectivity index (χ3n) is 9.62. The molecule has 4 heterocycles. The summed E-state index contributed by atoms with van der Waals surface area (Å²) in [6.07, 6.45) is -6.14. The fourth-order valence-electron chi connectivity index (χ4n) is 6.84. The first-order valence-corrected chi connectivity index (χ1v) is 17.0. The Bertz CT molecular complexity index is 1880. The van der Waals surface area contributed by atoms with Crippen LogP contribution in [0, 0.1) is 0 Å². The van der Waals surface area contributed by atoms with E-state index in [2.05, 4.69) is 44.0 Å². The van der Waals surface area contributed by atoms with Crippen molar-refractivity contribution in [1.82, 2.24) is 24.7 Å². The lowest BCUT2D eigenvalue weighted by atomic mass is 10.0. The molecule has 3 aliphatic rings. The van der Waals surface area contributed by atoms with E-state index in [9.17, 15) is 40.3 Å². The number of fused-ring (bicyclic) bond motifs is 1. The Hall–Kier alpha value is -5.17. The number of rotatable bonds is 9. The van der Waals surface area contributed by atoms with Gasteiger partial charge < -0.3 is 30.1 Å². The fraction of sp³-hybridized carbons (Fsp3) is 0.429. The van der Waals surface area contributed by atoms with E-state index in [0.29, 0.717) is 41.9 Å². The maximum Gasteiger partial charge on any atom is 0.416 e. The van der Waals surface area contributed by atoms with Crippen LogP contribution in [-0.4, -0.2) is 109 Å². The lowest BCUT2D eigenvalue weighted by molar-refractivity contribution is -0.141. The molecule has 3 amide bonds. The third kappa shape index (κ3) is 8.62. The molecule has 1 aromatic heterocycles. The molecule has 0 atom stereocenters. The second-order valence-electron chi connectivity index (χ2n) is 13.3. The summed E-state index contributed by atoms with van der Waals surface area (Å²) in [5.41, 5.74) is -0.169. The highest BCUT2D eigenvalue weighted by Crippen LogP contribution is 2.41. The molecule has 19 heteroatoms. The number of halogens is 7. The van der Waals surface area contributed by atoms with Gasteiger partial charge in [-0.2, -0.15) is 31.3 Å². The zero-order valence-corrected chi connectivity index (χ0v) is 29.4. The standard InChI is InChI=1S/C35H38F7N9O3/c1-21(36)31(52)44-26-16-27(29(54-3)17-28(26)49-14-12-48(13-15-49)24-8-10-47(2)11-9-24)45-32-43-18-22-19-50(20-34(37,38)39)33(53)51(30(22)46-32)25-6-4-23(5-7-25)35(40,41)42/h4-7,16-18,24H,1,8-15,19-20H2,2-3H3,(H,44,52)(H,43,45,46). The molecule has 2 aromatic carbocycles. The molecule has 12 nitrogen and oxygen atoms in total. The summed E-state index contributed by atoms with van der Waals surface area (Å²) in [5.74, 6) is -2.38. The minimum Gasteiger partial charge on any atom is -0.494 e. The first-order valence-electron chi connectivity index (χ1n) is 17.0. The molecule has 290 valence electrons. The summed E-state index contributed by atoms with van der Waals surface area (Å²) in [6.45, 7) is 5.71. The number of anilines is 6. The number of alkyl halides is 6. The number of ether oxygens (including phenoxy) is 1. The molecule has 3 aliphatic heterocycles. The molecule has 6 rings (SSSR count). The summed E-state index contributed by atoms with van der Waals surface area (Å²) in [7, 11) is 3.51. The van der Waals surface area contributed by atoms with E-state index in [0.717, 1.165) is 56.1 Å². The van der Waals surface area contributed by atoms with E-state index in [4.69, 9.17) is 4.74 Å². The van der Waals surface area contributed by atoms with Gasteiger partial charge >= 0.3 is 18.4 Å². The van der Waals surface area contributed by atoms with Gasteiger partial charge in [-0.05, 0) is 63.3 Å². The van der Waals surface area contributed by atoms with Crippen molar-refractivity contribution >= 4 is 46.5 Å². The fourth-order valence-corrected chi connectivity index (χ4v) is 6.84. The number of likely N-dealkylation sites (tertiary alicyclic amines) is 1. The molecule has 0 aliphatic carbocycles. The molecule has 0 saturated carbocycles. The van der Waals surface area contributed by atoms with Crippen LogP contribution in [0.5, 0.6) is 5.75 Å². The maximum atomic E-state index is 14.0. The van der Waals surface area contributed by atoms with E-state index in [1.165, 1.54) is 19.4 Å². The Balaban J connectivity index is 1.32. The van der Waals surface area contributed by atoms with Crippen molar-refractivity contribution in [3.8, 4) is 5.75 Å². The van der Waals surface area contributed by atoms with Crippen LogP contribution < -0.4 is 25.2 Å². The number of aromatic nitrogens is 2. The van der Waals surface area contributed by atoms with Crippen molar-refractivity contribution < 1.29 is 45.1 Å². The van der Waals surface area contributed by atoms with Crippen LogP contribution in [0.3, 0.4) is 0 Å². The van der Waals surface area contributed by atoms with Gasteiger partial charge in [0.25, 0.3) is 5.91 Å². The summed E-state index contributed by atoms with van der Waals surface area (Å²) < 4.78 is 99.9. The molecule has 2 saturated heterocycles. The highest BCUT2D eigenvalue weighted by atomic mass is 19.4.